The lowest BCUT2D eigenvalue weighted by atomic mass is 9.97. The van der Waals surface area contributed by atoms with Crippen molar-refractivity contribution in [1.29, 1.82) is 0 Å². The number of aliphatic imine (C=N–C) groups is 1. The Labute approximate surface area is 192 Å². The van der Waals surface area contributed by atoms with Crippen LogP contribution in [0, 0.1) is 5.92 Å². The summed E-state index contributed by atoms with van der Waals surface area (Å²) in [6.07, 6.45) is 1.42. The minimum Gasteiger partial charge on any atom is -0.469 e. The number of ether oxygens (including phenoxy) is 1. The van der Waals surface area contributed by atoms with Crippen molar-refractivity contribution >= 4 is 68.9 Å². The molecule has 1 aromatic heterocycles. The second-order valence-corrected chi connectivity index (χ2v) is 9.69. The Hall–Kier alpha value is -0.630. The zero-order valence-electron chi connectivity index (χ0n) is 15.8. The van der Waals surface area contributed by atoms with Gasteiger partial charge in [0.05, 0.1) is 23.9 Å². The third-order valence-electron chi connectivity index (χ3n) is 4.14. The van der Waals surface area contributed by atoms with E-state index in [1.165, 1.54) is 13.2 Å². The van der Waals surface area contributed by atoms with Crippen molar-refractivity contribution < 1.29 is 17.9 Å². The first-order valence-electron chi connectivity index (χ1n) is 8.73. The van der Waals surface area contributed by atoms with Crippen LogP contribution in [0.15, 0.2) is 21.3 Å². The molecule has 8 nitrogen and oxygen atoms in total. The fraction of sp³-hybridized carbons (Fsp3) is 0.625. The van der Waals surface area contributed by atoms with Crippen LogP contribution in [0.4, 0.5) is 0 Å². The number of thiophene rings is 1. The van der Waals surface area contributed by atoms with Crippen molar-refractivity contribution in [1.82, 2.24) is 14.9 Å². The van der Waals surface area contributed by atoms with Gasteiger partial charge in [0, 0.05) is 26.2 Å². The summed E-state index contributed by atoms with van der Waals surface area (Å²) in [5.41, 5.74) is 0. The number of esters is 1. The van der Waals surface area contributed by atoms with Crippen molar-refractivity contribution in [3.63, 3.8) is 0 Å². The van der Waals surface area contributed by atoms with E-state index < -0.39 is 10.0 Å². The third kappa shape index (κ3) is 7.32. The first kappa shape index (κ1) is 25.4. The molecular weight excluding hydrogens is 539 g/mol. The average molecular weight is 565 g/mol. The van der Waals surface area contributed by atoms with Gasteiger partial charge in [-0.1, -0.05) is 11.6 Å². The van der Waals surface area contributed by atoms with Gasteiger partial charge in [0.1, 0.15) is 4.21 Å². The van der Waals surface area contributed by atoms with Crippen molar-refractivity contribution in [2.45, 2.75) is 24.0 Å². The summed E-state index contributed by atoms with van der Waals surface area (Å²) in [6, 6.07) is 3.04. The number of carbonyl (C=O) groups excluding carboxylic acids is 1. The maximum absolute atomic E-state index is 12.2. The summed E-state index contributed by atoms with van der Waals surface area (Å²) >= 11 is 6.81. The normalized spacial score (nSPS) is 15.8. The minimum absolute atomic E-state index is 0. The van der Waals surface area contributed by atoms with Crippen LogP contribution in [0.5, 0.6) is 0 Å². The van der Waals surface area contributed by atoms with Crippen molar-refractivity contribution in [2.24, 2.45) is 10.9 Å². The predicted octanol–water partition coefficient (Wildman–Crippen LogP) is 2.15. The Bertz CT molecular complexity index is 764. The lowest BCUT2D eigenvalue weighted by Gasteiger charge is -2.33. The predicted molar refractivity (Wildman–Crippen MR) is 122 cm³/mol. The second-order valence-electron chi connectivity index (χ2n) is 5.98. The molecule has 1 aromatic rings. The molecule has 0 bridgehead atoms. The van der Waals surface area contributed by atoms with Gasteiger partial charge in [-0.25, -0.2) is 13.1 Å². The van der Waals surface area contributed by atoms with Crippen LogP contribution >= 0.6 is 46.9 Å². The summed E-state index contributed by atoms with van der Waals surface area (Å²) in [5, 5.41) is 3.21. The third-order valence-corrected chi connectivity index (χ3v) is 7.33. The molecule has 1 aliphatic heterocycles. The van der Waals surface area contributed by atoms with Crippen molar-refractivity contribution in [3.05, 3.63) is 16.5 Å². The standard InChI is InChI=1S/C16H25ClN4O4S2.HI/c1-3-18-16(21-10-6-12(7-11-21)15(22)25-2)19-8-9-20-27(23,24)14-5-4-13(17)26-14;/h4-5,12,20H,3,6-11H2,1-2H3,(H,18,19);1H. The maximum atomic E-state index is 12.2. The first-order valence-corrected chi connectivity index (χ1v) is 11.4. The Morgan fingerprint density at radius 3 is 2.61 bits per heavy atom. The zero-order chi connectivity index (χ0) is 19.9. The van der Waals surface area contributed by atoms with Gasteiger partial charge in [-0.3, -0.25) is 9.79 Å². The Balaban J connectivity index is 0.00000392. The molecule has 2 N–H and O–H groups in total. The van der Waals surface area contributed by atoms with Crippen LogP contribution in [0.1, 0.15) is 19.8 Å². The summed E-state index contributed by atoms with van der Waals surface area (Å²) in [7, 11) is -2.16. The highest BCUT2D eigenvalue weighted by Crippen LogP contribution is 2.25. The molecule has 0 atom stereocenters. The molecule has 1 saturated heterocycles. The fourth-order valence-corrected chi connectivity index (χ4v) is 5.32. The Morgan fingerprint density at radius 1 is 1.39 bits per heavy atom. The van der Waals surface area contributed by atoms with Crippen LogP contribution in [0.3, 0.4) is 0 Å². The van der Waals surface area contributed by atoms with E-state index in [2.05, 4.69) is 19.9 Å². The van der Waals surface area contributed by atoms with Crippen molar-refractivity contribution in [2.75, 3.05) is 39.8 Å². The van der Waals surface area contributed by atoms with E-state index in [0.29, 0.717) is 43.4 Å². The molecular formula is C16H26ClIN4O4S2. The van der Waals surface area contributed by atoms with Gasteiger partial charge in [0.25, 0.3) is 0 Å². The van der Waals surface area contributed by atoms with Gasteiger partial charge in [-0.15, -0.1) is 35.3 Å². The fourth-order valence-electron chi connectivity index (χ4n) is 2.77. The highest BCUT2D eigenvalue weighted by atomic mass is 127. The zero-order valence-corrected chi connectivity index (χ0v) is 20.5. The van der Waals surface area contributed by atoms with Gasteiger partial charge in [0.2, 0.25) is 10.0 Å². The van der Waals surface area contributed by atoms with Crippen LogP contribution in [0.25, 0.3) is 0 Å². The number of sulfonamides is 1. The number of nitrogens with one attached hydrogen (secondary N) is 2. The largest absolute Gasteiger partial charge is 0.469 e. The van der Waals surface area contributed by atoms with E-state index in [-0.39, 0.29) is 46.6 Å². The average Bonchev–Trinajstić information content (AvgIpc) is 3.11. The van der Waals surface area contributed by atoms with E-state index in [1.807, 2.05) is 6.92 Å². The molecule has 1 aliphatic rings. The topological polar surface area (TPSA) is 100 Å². The van der Waals surface area contributed by atoms with E-state index in [1.54, 1.807) is 6.07 Å². The number of likely N-dealkylation sites (tertiary alicyclic amines) is 1. The molecule has 0 saturated carbocycles. The molecule has 0 amide bonds. The number of carbonyl (C=O) groups is 1. The number of methoxy groups -OCH3 is 1. The van der Waals surface area contributed by atoms with Crippen LogP contribution in [-0.2, 0) is 19.6 Å². The molecule has 0 spiro atoms. The molecule has 12 heteroatoms. The van der Waals surface area contributed by atoms with Crippen molar-refractivity contribution in [3.8, 4) is 0 Å². The van der Waals surface area contributed by atoms with Crippen LogP contribution in [0.2, 0.25) is 4.34 Å². The number of halogens is 2. The number of hydrogen-bond acceptors (Lipinski definition) is 6. The molecule has 0 aliphatic carbocycles. The van der Waals surface area contributed by atoms with E-state index in [4.69, 9.17) is 16.3 Å². The summed E-state index contributed by atoms with van der Waals surface area (Å²) in [5.74, 6) is 0.484. The molecule has 0 unspecified atom stereocenters. The lowest BCUT2D eigenvalue weighted by molar-refractivity contribution is -0.146. The molecule has 28 heavy (non-hydrogen) atoms. The number of guanidine groups is 1. The molecule has 2 heterocycles. The maximum Gasteiger partial charge on any atom is 0.308 e. The number of nitrogens with zero attached hydrogens (tertiary/aromatic N) is 2. The van der Waals surface area contributed by atoms with Gasteiger partial charge in [-0.2, -0.15) is 0 Å². The number of piperidine rings is 1. The minimum atomic E-state index is -3.56. The summed E-state index contributed by atoms with van der Waals surface area (Å²) in [4.78, 5) is 18.2. The summed E-state index contributed by atoms with van der Waals surface area (Å²) in [6.45, 7) is 4.56. The highest BCUT2D eigenvalue weighted by Gasteiger charge is 2.27. The lowest BCUT2D eigenvalue weighted by Crippen LogP contribution is -2.47. The Morgan fingerprint density at radius 2 is 2.07 bits per heavy atom. The molecule has 2 rings (SSSR count). The number of rotatable bonds is 7. The smallest absolute Gasteiger partial charge is 0.308 e. The van der Waals surface area contributed by atoms with Gasteiger partial charge < -0.3 is 15.0 Å². The quantitative estimate of drug-likeness (QED) is 0.173. The number of hydrogen-bond donors (Lipinski definition) is 2. The van der Waals surface area contributed by atoms with Gasteiger partial charge in [-0.05, 0) is 31.9 Å². The summed E-state index contributed by atoms with van der Waals surface area (Å²) < 4.78 is 32.3. The molecule has 0 radical (unpaired) electrons. The monoisotopic (exact) mass is 564 g/mol. The van der Waals surface area contributed by atoms with Gasteiger partial charge in [0.15, 0.2) is 5.96 Å². The SMILES string of the molecule is CCNC(=NCCNS(=O)(=O)c1ccc(Cl)s1)N1CCC(C(=O)OC)CC1.I. The molecule has 1 fully saturated rings. The first-order chi connectivity index (χ1) is 12.9. The van der Waals surface area contributed by atoms with Crippen LogP contribution < -0.4 is 10.0 Å². The molecule has 0 aromatic carbocycles. The molecule has 160 valence electrons. The van der Waals surface area contributed by atoms with Gasteiger partial charge >= 0.3 is 5.97 Å². The second kappa shape index (κ2) is 12.2. The van der Waals surface area contributed by atoms with E-state index in [9.17, 15) is 13.2 Å². The van der Waals surface area contributed by atoms with E-state index >= 15 is 0 Å². The highest BCUT2D eigenvalue weighted by molar-refractivity contribution is 14.0. The van der Waals surface area contributed by atoms with Crippen LogP contribution in [-0.4, -0.2) is 65.1 Å². The van der Waals surface area contributed by atoms with E-state index in [0.717, 1.165) is 17.3 Å². The Kier molecular flexibility index (Phi) is 11.0.